The smallest absolute Gasteiger partial charge is 0.526 e. The van der Waals surface area contributed by atoms with Gasteiger partial charge in [0.2, 0.25) is 10.0 Å². The monoisotopic (exact) mass is 497 g/mol. The van der Waals surface area contributed by atoms with Crippen molar-refractivity contribution < 1.29 is 27.7 Å². The van der Waals surface area contributed by atoms with E-state index in [9.17, 15) is 23.0 Å². The Kier molecular flexibility index (Phi) is 7.01. The Morgan fingerprint density at radius 1 is 1.26 bits per heavy atom. The second-order valence-corrected chi connectivity index (χ2v) is 10.1. The summed E-state index contributed by atoms with van der Waals surface area (Å²) in [6.07, 6.45) is 1.77. The van der Waals surface area contributed by atoms with Crippen molar-refractivity contribution in [3.05, 3.63) is 65.5 Å². The van der Waals surface area contributed by atoms with Crippen LogP contribution in [0.4, 0.5) is 5.69 Å². The first-order valence-corrected chi connectivity index (χ1v) is 12.3. The average Bonchev–Trinajstić information content (AvgIpc) is 3.25. The van der Waals surface area contributed by atoms with E-state index >= 15 is 0 Å². The third-order valence-electron chi connectivity index (χ3n) is 5.63. The van der Waals surface area contributed by atoms with E-state index in [0.29, 0.717) is 29.1 Å². The molecule has 35 heavy (non-hydrogen) atoms. The number of nitrogen functional groups attached to an aromatic ring is 1. The highest BCUT2D eigenvalue weighted by atomic mass is 32.2. The number of Topliss-reactive ketones (excluding diaryl/α,β-unsaturated/α-hetero) is 2. The number of sulfonamides is 1. The van der Waals surface area contributed by atoms with Crippen LogP contribution in [-0.2, 0) is 34.3 Å². The van der Waals surface area contributed by atoms with Crippen molar-refractivity contribution in [2.75, 3.05) is 5.73 Å². The average molecular weight is 497 g/mol. The molecule has 0 aliphatic carbocycles. The number of hydrogen-bond donors (Lipinski definition) is 3. The van der Waals surface area contributed by atoms with E-state index in [0.717, 1.165) is 5.56 Å². The zero-order valence-corrected chi connectivity index (χ0v) is 19.7. The highest BCUT2D eigenvalue weighted by molar-refractivity contribution is 7.89. The predicted molar refractivity (Wildman–Crippen MR) is 127 cm³/mol. The lowest BCUT2D eigenvalue weighted by molar-refractivity contribution is -0.120. The van der Waals surface area contributed by atoms with Crippen LogP contribution in [0.2, 0.25) is 5.82 Å². The molecule has 1 aliphatic heterocycles. The Bertz CT molecular complexity index is 1360. The van der Waals surface area contributed by atoms with Gasteiger partial charge in [0.15, 0.2) is 11.6 Å². The van der Waals surface area contributed by atoms with Crippen molar-refractivity contribution in [2.24, 2.45) is 0 Å². The van der Waals surface area contributed by atoms with Gasteiger partial charge in [0, 0.05) is 17.9 Å². The van der Waals surface area contributed by atoms with E-state index in [-0.39, 0.29) is 36.0 Å². The topological polar surface area (TPSA) is 166 Å². The maximum absolute atomic E-state index is 12.6. The number of ketones is 2. The van der Waals surface area contributed by atoms with Crippen molar-refractivity contribution in [3.63, 3.8) is 0 Å². The number of nitrogens with zero attached hydrogens (tertiary/aromatic N) is 3. The van der Waals surface area contributed by atoms with Crippen molar-refractivity contribution in [1.29, 1.82) is 0 Å². The Hall–Kier alpha value is -3.55. The molecule has 0 unspecified atom stereocenters. The minimum Gasteiger partial charge on any atom is -0.535 e. The summed E-state index contributed by atoms with van der Waals surface area (Å²) < 4.78 is 32.8. The van der Waals surface area contributed by atoms with E-state index in [1.807, 2.05) is 0 Å². The number of para-hydroxylation sites is 1. The molecular formula is C22H24BN5O6S. The van der Waals surface area contributed by atoms with Crippen molar-refractivity contribution in [1.82, 2.24) is 19.7 Å². The van der Waals surface area contributed by atoms with Gasteiger partial charge in [-0.15, -0.1) is 0 Å². The summed E-state index contributed by atoms with van der Waals surface area (Å²) >= 11 is 0. The number of nitrogens with one attached hydrogen (secondary N) is 1. The Morgan fingerprint density at radius 2 is 2.00 bits per heavy atom. The van der Waals surface area contributed by atoms with Crippen molar-refractivity contribution >= 4 is 34.4 Å². The third-order valence-corrected chi connectivity index (χ3v) is 7.04. The molecule has 2 heterocycles. The van der Waals surface area contributed by atoms with Gasteiger partial charge < -0.3 is 15.4 Å². The number of aromatic nitrogens is 3. The summed E-state index contributed by atoms with van der Waals surface area (Å²) in [6, 6.07) is 11.0. The van der Waals surface area contributed by atoms with Crippen LogP contribution in [0.5, 0.6) is 5.75 Å². The molecule has 182 valence electrons. The third kappa shape index (κ3) is 5.76. The normalized spacial score (nSPS) is 15.4. The molecule has 4 N–H and O–H groups in total. The second-order valence-electron chi connectivity index (χ2n) is 8.33. The standard InChI is InChI=1S/C22H24BN5O6S/c1-14(29)21-4-2-3-15-9-16(23(31)34-22(15)21)10-19(30)13-28-25-11-18(27-28)12-26-35(32,33)20-7-5-17(24)6-8-20/h2-8,11,16,26,31H,9-10,12-13,24H2,1H3/t16-/m1/s1. The molecule has 1 aromatic heterocycles. The zero-order chi connectivity index (χ0) is 25.2. The first kappa shape index (κ1) is 24.6. The first-order chi connectivity index (χ1) is 16.6. The highest BCUT2D eigenvalue weighted by Crippen LogP contribution is 2.36. The van der Waals surface area contributed by atoms with Gasteiger partial charge in [-0.3, -0.25) is 9.59 Å². The van der Waals surface area contributed by atoms with Crippen LogP contribution in [0.3, 0.4) is 0 Å². The lowest BCUT2D eigenvalue weighted by Gasteiger charge is -2.28. The van der Waals surface area contributed by atoms with Crippen molar-refractivity contribution in [2.45, 2.75) is 43.6 Å². The molecule has 1 aliphatic rings. The van der Waals surface area contributed by atoms with Gasteiger partial charge in [0.1, 0.15) is 12.3 Å². The number of rotatable bonds is 9. The highest BCUT2D eigenvalue weighted by Gasteiger charge is 2.37. The minimum absolute atomic E-state index is 0.0194. The molecule has 0 amide bonds. The molecule has 11 nitrogen and oxygen atoms in total. The number of benzene rings is 2. The number of hydrogen-bond acceptors (Lipinski definition) is 9. The summed E-state index contributed by atoms with van der Waals surface area (Å²) in [4.78, 5) is 25.7. The van der Waals surface area contributed by atoms with Gasteiger partial charge in [-0.2, -0.15) is 15.0 Å². The number of carbonyl (C=O) groups is 2. The fourth-order valence-electron chi connectivity index (χ4n) is 3.84. The van der Waals surface area contributed by atoms with E-state index in [1.54, 1.807) is 18.2 Å². The molecule has 4 rings (SSSR count). The van der Waals surface area contributed by atoms with Gasteiger partial charge >= 0.3 is 7.12 Å². The summed E-state index contributed by atoms with van der Waals surface area (Å²) in [6.45, 7) is 1.18. The maximum Gasteiger partial charge on any atom is 0.526 e. The quantitative estimate of drug-likeness (QED) is 0.222. The lowest BCUT2D eigenvalue weighted by atomic mass is 9.64. The largest absolute Gasteiger partial charge is 0.535 e. The second kappa shape index (κ2) is 9.98. The molecule has 2 aromatic carbocycles. The molecule has 13 heteroatoms. The maximum atomic E-state index is 12.6. The summed E-state index contributed by atoms with van der Waals surface area (Å²) in [5.74, 6) is -0.525. The Balaban J connectivity index is 1.33. The molecule has 1 atom stereocenters. The van der Waals surface area contributed by atoms with Gasteiger partial charge in [-0.05, 0) is 49.2 Å². The Labute approximate surface area is 202 Å². The molecule has 3 aromatic rings. The Morgan fingerprint density at radius 3 is 2.71 bits per heavy atom. The van der Waals surface area contributed by atoms with Crippen LogP contribution < -0.4 is 15.1 Å². The summed E-state index contributed by atoms with van der Waals surface area (Å²) in [5.41, 5.74) is 7.53. The SMILES string of the molecule is CC(=O)c1cccc2c1OB(O)[C@@H](CC(=O)Cn1ncc(CNS(=O)(=O)c3ccc(N)cc3)n1)C2. The molecular weight excluding hydrogens is 473 g/mol. The van der Waals surface area contributed by atoms with E-state index in [4.69, 9.17) is 10.4 Å². The van der Waals surface area contributed by atoms with E-state index in [2.05, 4.69) is 14.9 Å². The predicted octanol–water partition coefficient (Wildman–Crippen LogP) is 0.986. The zero-order valence-electron chi connectivity index (χ0n) is 18.9. The molecule has 0 bridgehead atoms. The fraction of sp³-hybridized carbons (Fsp3) is 0.273. The number of carbonyl (C=O) groups excluding carboxylic acids is 2. The van der Waals surface area contributed by atoms with Crippen LogP contribution in [0.25, 0.3) is 0 Å². The molecule has 0 saturated carbocycles. The summed E-state index contributed by atoms with van der Waals surface area (Å²) in [7, 11) is -4.99. The molecule has 0 spiro atoms. The van der Waals surface area contributed by atoms with Gasteiger partial charge in [0.05, 0.1) is 28.9 Å². The van der Waals surface area contributed by atoms with Crippen LogP contribution in [-0.4, -0.2) is 47.1 Å². The lowest BCUT2D eigenvalue weighted by Crippen LogP contribution is -2.36. The van der Waals surface area contributed by atoms with Gasteiger partial charge in [-0.25, -0.2) is 13.1 Å². The van der Waals surface area contributed by atoms with Crippen LogP contribution >= 0.6 is 0 Å². The first-order valence-electron chi connectivity index (χ1n) is 10.9. The molecule has 0 saturated heterocycles. The number of nitrogens with two attached hydrogens (primary N) is 1. The molecule has 0 radical (unpaired) electrons. The van der Waals surface area contributed by atoms with Crippen molar-refractivity contribution in [3.8, 4) is 5.75 Å². The van der Waals surface area contributed by atoms with Crippen LogP contribution in [0.1, 0.15) is 35.0 Å². The fourth-order valence-corrected chi connectivity index (χ4v) is 4.84. The van der Waals surface area contributed by atoms with E-state index < -0.39 is 23.0 Å². The van der Waals surface area contributed by atoms with E-state index in [1.165, 1.54) is 42.2 Å². The number of anilines is 1. The van der Waals surface area contributed by atoms with Crippen LogP contribution in [0.15, 0.2) is 53.6 Å². The van der Waals surface area contributed by atoms with Crippen LogP contribution in [0, 0.1) is 0 Å². The van der Waals surface area contributed by atoms with Gasteiger partial charge in [0.25, 0.3) is 0 Å². The number of fused-ring (bicyclic) bond motifs is 1. The molecule has 0 fully saturated rings. The van der Waals surface area contributed by atoms with Gasteiger partial charge in [-0.1, -0.05) is 12.1 Å². The summed E-state index contributed by atoms with van der Waals surface area (Å²) in [5, 5.41) is 18.6. The minimum atomic E-state index is -3.76.